The lowest BCUT2D eigenvalue weighted by Crippen LogP contribution is -2.27. The normalized spacial score (nSPS) is 14.4. The lowest BCUT2D eigenvalue weighted by molar-refractivity contribution is 0.209. The quantitative estimate of drug-likeness (QED) is 0.471. The predicted molar refractivity (Wildman–Crippen MR) is 101 cm³/mol. The van der Waals surface area contributed by atoms with Crippen molar-refractivity contribution in [3.63, 3.8) is 0 Å². The van der Waals surface area contributed by atoms with Crippen LogP contribution in [0.3, 0.4) is 0 Å². The first kappa shape index (κ1) is 20.0. The van der Waals surface area contributed by atoms with Crippen molar-refractivity contribution >= 4 is 7.60 Å². The maximum Gasteiger partial charge on any atom is 0.331 e. The van der Waals surface area contributed by atoms with Gasteiger partial charge >= 0.3 is 7.60 Å². The van der Waals surface area contributed by atoms with E-state index in [0.29, 0.717) is 19.4 Å². The van der Waals surface area contributed by atoms with Crippen LogP contribution in [-0.4, -0.2) is 19.4 Å². The average molecular weight is 364 g/mol. The van der Waals surface area contributed by atoms with Gasteiger partial charge in [0.15, 0.2) is 0 Å². The molecule has 0 radical (unpaired) electrons. The van der Waals surface area contributed by atoms with Gasteiger partial charge in [0.05, 0.1) is 25.6 Å². The summed E-state index contributed by atoms with van der Waals surface area (Å²) >= 11 is 0. The maximum absolute atomic E-state index is 13.1. The van der Waals surface area contributed by atoms with E-state index in [4.69, 9.17) is 13.5 Å². The van der Waals surface area contributed by atoms with Crippen molar-refractivity contribution in [1.82, 2.24) is 0 Å². The van der Waals surface area contributed by atoms with E-state index in [-0.39, 0.29) is 0 Å². The third-order valence-corrected chi connectivity index (χ3v) is 6.74. The Balaban J connectivity index is 2.12. The second kappa shape index (κ2) is 9.38. The molecule has 0 aliphatic rings. The summed E-state index contributed by atoms with van der Waals surface area (Å²) in [5.74, 6) is 0.834. The Hall–Kier alpha value is -1.35. The Morgan fingerprint density at radius 3 is 2.28 bits per heavy atom. The van der Waals surface area contributed by atoms with Crippen LogP contribution in [0.2, 0.25) is 0 Å². The van der Waals surface area contributed by atoms with Gasteiger partial charge in [0.2, 0.25) is 0 Å². The van der Waals surface area contributed by atoms with Crippen molar-refractivity contribution in [3.05, 3.63) is 60.1 Å². The molecular formula is C20H29O4P. The van der Waals surface area contributed by atoms with Gasteiger partial charge in [-0.1, -0.05) is 37.3 Å². The zero-order valence-corrected chi connectivity index (χ0v) is 16.3. The van der Waals surface area contributed by atoms with Crippen molar-refractivity contribution in [3.8, 4) is 0 Å². The molecule has 4 nitrogen and oxygen atoms in total. The van der Waals surface area contributed by atoms with Crippen molar-refractivity contribution in [2.45, 2.75) is 45.4 Å². The third kappa shape index (κ3) is 5.85. The first-order chi connectivity index (χ1) is 12.0. The standard InChI is InChI=1S/C20H29O4P/c1-4-23-25(21,24-5-2)17-20(3,19-14-10-16-22-19)15-9-13-18-11-7-6-8-12-18/h6-8,10-12,14,16H,4-5,9,13,15,17H2,1-3H3/t20-/m0/s1. The van der Waals surface area contributed by atoms with Crippen LogP contribution in [0.4, 0.5) is 0 Å². The molecule has 1 heterocycles. The van der Waals surface area contributed by atoms with E-state index in [0.717, 1.165) is 25.0 Å². The largest absolute Gasteiger partial charge is 0.469 e. The highest BCUT2D eigenvalue weighted by atomic mass is 31.2. The van der Waals surface area contributed by atoms with Crippen molar-refractivity contribution in [2.75, 3.05) is 19.4 Å². The molecule has 0 fully saturated rings. The minimum absolute atomic E-state index is 0.323. The third-order valence-electron chi connectivity index (χ3n) is 4.35. The fraction of sp³-hybridized carbons (Fsp3) is 0.500. The van der Waals surface area contributed by atoms with Crippen LogP contribution < -0.4 is 0 Å². The maximum atomic E-state index is 13.1. The number of rotatable bonds is 11. The summed E-state index contributed by atoms with van der Waals surface area (Å²) in [6, 6.07) is 14.2. The van der Waals surface area contributed by atoms with E-state index in [1.807, 2.05) is 32.0 Å². The molecule has 0 amide bonds. The molecule has 5 heteroatoms. The van der Waals surface area contributed by atoms with Gasteiger partial charge in [-0.3, -0.25) is 4.57 Å². The molecule has 2 rings (SSSR count). The van der Waals surface area contributed by atoms with E-state index in [1.54, 1.807) is 6.26 Å². The molecule has 138 valence electrons. The lowest BCUT2D eigenvalue weighted by Gasteiger charge is -2.31. The van der Waals surface area contributed by atoms with Crippen LogP contribution in [0, 0.1) is 0 Å². The van der Waals surface area contributed by atoms with E-state index in [1.165, 1.54) is 5.56 Å². The second-order valence-corrected chi connectivity index (χ2v) is 8.54. The molecule has 1 aromatic heterocycles. The molecular weight excluding hydrogens is 335 g/mol. The number of hydrogen-bond acceptors (Lipinski definition) is 4. The Bertz CT molecular complexity index is 644. The Morgan fingerprint density at radius 1 is 1.04 bits per heavy atom. The van der Waals surface area contributed by atoms with Crippen LogP contribution in [-0.2, 0) is 25.4 Å². The Morgan fingerprint density at radius 2 is 1.72 bits per heavy atom. The zero-order valence-electron chi connectivity index (χ0n) is 15.4. The molecule has 0 aliphatic heterocycles. The van der Waals surface area contributed by atoms with Crippen LogP contribution in [0.5, 0.6) is 0 Å². The highest BCUT2D eigenvalue weighted by Gasteiger charge is 2.39. The van der Waals surface area contributed by atoms with E-state index in [9.17, 15) is 4.57 Å². The highest BCUT2D eigenvalue weighted by molar-refractivity contribution is 7.53. The summed E-state index contributed by atoms with van der Waals surface area (Å²) in [6.45, 7) is 6.50. The van der Waals surface area contributed by atoms with Crippen LogP contribution in [0.25, 0.3) is 0 Å². The van der Waals surface area contributed by atoms with Gasteiger partial charge in [0.25, 0.3) is 0 Å². The highest BCUT2D eigenvalue weighted by Crippen LogP contribution is 2.54. The van der Waals surface area contributed by atoms with Gasteiger partial charge in [0, 0.05) is 5.41 Å². The minimum Gasteiger partial charge on any atom is -0.469 e. The van der Waals surface area contributed by atoms with Crippen LogP contribution in [0.1, 0.15) is 44.9 Å². The molecule has 0 aliphatic carbocycles. The van der Waals surface area contributed by atoms with Crippen molar-refractivity contribution in [1.29, 1.82) is 0 Å². The molecule has 1 atom stereocenters. The van der Waals surface area contributed by atoms with Gasteiger partial charge < -0.3 is 13.5 Å². The number of hydrogen-bond donors (Lipinski definition) is 0. The Kier molecular flexibility index (Phi) is 7.49. The van der Waals surface area contributed by atoms with Gasteiger partial charge in [-0.2, -0.15) is 0 Å². The fourth-order valence-corrected chi connectivity index (χ4v) is 5.39. The van der Waals surface area contributed by atoms with Gasteiger partial charge in [-0.15, -0.1) is 0 Å². The fourth-order valence-electron chi connectivity index (χ4n) is 3.18. The molecule has 0 bridgehead atoms. The average Bonchev–Trinajstić information content (AvgIpc) is 3.11. The van der Waals surface area contributed by atoms with Crippen molar-refractivity contribution < 1.29 is 18.0 Å². The number of aryl methyl sites for hydroxylation is 1. The summed E-state index contributed by atoms with van der Waals surface area (Å²) in [7, 11) is -3.15. The molecule has 2 aromatic rings. The van der Waals surface area contributed by atoms with E-state index < -0.39 is 13.0 Å². The molecule has 0 spiro atoms. The summed E-state index contributed by atoms with van der Waals surface area (Å²) in [5, 5.41) is 0. The molecule has 0 unspecified atom stereocenters. The van der Waals surface area contributed by atoms with Crippen molar-refractivity contribution in [2.24, 2.45) is 0 Å². The monoisotopic (exact) mass is 364 g/mol. The van der Waals surface area contributed by atoms with Gasteiger partial charge in [-0.05, 0) is 50.8 Å². The molecule has 25 heavy (non-hydrogen) atoms. The van der Waals surface area contributed by atoms with Crippen LogP contribution >= 0.6 is 7.60 Å². The topological polar surface area (TPSA) is 48.7 Å². The molecule has 0 N–H and O–H groups in total. The van der Waals surface area contributed by atoms with E-state index >= 15 is 0 Å². The van der Waals surface area contributed by atoms with Gasteiger partial charge in [0.1, 0.15) is 5.76 Å². The van der Waals surface area contributed by atoms with Crippen LogP contribution in [0.15, 0.2) is 53.1 Å². The number of furan rings is 1. The minimum atomic E-state index is -3.15. The predicted octanol–water partition coefficient (Wildman–Crippen LogP) is 5.83. The smallest absolute Gasteiger partial charge is 0.331 e. The first-order valence-corrected chi connectivity index (χ1v) is 10.7. The SMILES string of the molecule is CCOP(=O)(C[C@](C)(CCCc1ccccc1)c1ccco1)OCC. The lowest BCUT2D eigenvalue weighted by atomic mass is 9.84. The summed E-state index contributed by atoms with van der Waals surface area (Å²) in [5.41, 5.74) is 0.917. The summed E-state index contributed by atoms with van der Waals surface area (Å²) in [4.78, 5) is 0. The molecule has 0 saturated carbocycles. The Labute approximate surface area is 151 Å². The second-order valence-electron chi connectivity index (χ2n) is 6.48. The molecule has 1 aromatic carbocycles. The van der Waals surface area contributed by atoms with Gasteiger partial charge in [-0.25, -0.2) is 0 Å². The zero-order chi connectivity index (χ0) is 18.2. The molecule has 0 saturated heterocycles. The summed E-state index contributed by atoms with van der Waals surface area (Å²) < 4.78 is 29.8. The summed E-state index contributed by atoms with van der Waals surface area (Å²) in [6.07, 6.45) is 4.78. The van der Waals surface area contributed by atoms with E-state index in [2.05, 4.69) is 31.2 Å². The first-order valence-electron chi connectivity index (χ1n) is 8.97. The number of benzene rings is 1.